The zero-order valence-corrected chi connectivity index (χ0v) is 15.7. The molecule has 0 heterocycles. The van der Waals surface area contributed by atoms with Crippen LogP contribution in [0.5, 0.6) is 0 Å². The molecule has 0 bridgehead atoms. The quantitative estimate of drug-likeness (QED) is 0.798. The second-order valence-electron chi connectivity index (χ2n) is 6.51. The molecule has 138 valence electrons. The van der Waals surface area contributed by atoms with E-state index in [-0.39, 0.29) is 11.9 Å². The fourth-order valence-corrected chi connectivity index (χ4v) is 2.65. The molecule has 0 aliphatic carbocycles. The maximum Gasteiger partial charge on any atom is 0.319 e. The van der Waals surface area contributed by atoms with Gasteiger partial charge in [0.05, 0.1) is 6.42 Å². The average molecular weight is 353 g/mol. The highest BCUT2D eigenvalue weighted by atomic mass is 16.2. The zero-order chi connectivity index (χ0) is 18.9. The van der Waals surface area contributed by atoms with E-state index in [1.54, 1.807) is 19.0 Å². The molecular formula is C21H27N3O2. The molecule has 2 aromatic rings. The Morgan fingerprint density at radius 1 is 1.00 bits per heavy atom. The van der Waals surface area contributed by atoms with E-state index in [2.05, 4.69) is 29.7 Å². The molecule has 26 heavy (non-hydrogen) atoms. The fraction of sp³-hybridized carbons (Fsp3) is 0.333. The minimum Gasteiger partial charge on any atom is -0.349 e. The summed E-state index contributed by atoms with van der Waals surface area (Å²) in [5, 5.41) is 5.76. The van der Waals surface area contributed by atoms with E-state index in [1.165, 1.54) is 5.56 Å². The lowest BCUT2D eigenvalue weighted by Crippen LogP contribution is -2.32. The van der Waals surface area contributed by atoms with Crippen LogP contribution in [0.25, 0.3) is 0 Å². The van der Waals surface area contributed by atoms with E-state index in [4.69, 9.17) is 0 Å². The summed E-state index contributed by atoms with van der Waals surface area (Å²) < 4.78 is 0. The largest absolute Gasteiger partial charge is 0.349 e. The van der Waals surface area contributed by atoms with E-state index in [0.29, 0.717) is 24.6 Å². The van der Waals surface area contributed by atoms with Gasteiger partial charge in [0.25, 0.3) is 0 Å². The highest BCUT2D eigenvalue weighted by Gasteiger charge is 2.11. The standard InChI is InChI=1S/C21H27N3O2/c1-4-17(18-8-6-5-7-9-18)15-22-21(26)23-19-12-10-16(11-13-19)14-20(25)24(2)3/h5-13,17H,4,14-15H2,1-3H3,(H2,22,23,26). The van der Waals surface area contributed by atoms with E-state index in [9.17, 15) is 9.59 Å². The first kappa shape index (κ1) is 19.5. The van der Waals surface area contributed by atoms with Crippen LogP contribution in [-0.4, -0.2) is 37.5 Å². The number of benzene rings is 2. The minimum absolute atomic E-state index is 0.0509. The maximum absolute atomic E-state index is 12.1. The van der Waals surface area contributed by atoms with Crippen LogP contribution in [0, 0.1) is 0 Å². The van der Waals surface area contributed by atoms with Crippen molar-refractivity contribution in [1.29, 1.82) is 0 Å². The van der Waals surface area contributed by atoms with Crippen molar-refractivity contribution in [2.45, 2.75) is 25.7 Å². The van der Waals surface area contributed by atoms with E-state index >= 15 is 0 Å². The van der Waals surface area contributed by atoms with Gasteiger partial charge in [0.15, 0.2) is 0 Å². The minimum atomic E-state index is -0.225. The molecular weight excluding hydrogens is 326 g/mol. The van der Waals surface area contributed by atoms with Crippen LogP contribution in [0.1, 0.15) is 30.4 Å². The number of nitrogens with zero attached hydrogens (tertiary/aromatic N) is 1. The van der Waals surface area contributed by atoms with Gasteiger partial charge in [-0.2, -0.15) is 0 Å². The van der Waals surface area contributed by atoms with Gasteiger partial charge in [-0.3, -0.25) is 4.79 Å². The van der Waals surface area contributed by atoms with Gasteiger partial charge in [0, 0.05) is 32.2 Å². The molecule has 2 aromatic carbocycles. The first-order chi connectivity index (χ1) is 12.5. The molecule has 1 atom stereocenters. The Kier molecular flexibility index (Phi) is 7.21. The summed E-state index contributed by atoms with van der Waals surface area (Å²) in [5.74, 6) is 0.344. The molecule has 0 saturated heterocycles. The number of urea groups is 1. The van der Waals surface area contributed by atoms with Gasteiger partial charge in [-0.15, -0.1) is 0 Å². The number of amides is 3. The van der Waals surface area contributed by atoms with Crippen molar-refractivity contribution < 1.29 is 9.59 Å². The van der Waals surface area contributed by atoms with Gasteiger partial charge in [0.1, 0.15) is 0 Å². The normalized spacial score (nSPS) is 11.5. The molecule has 1 unspecified atom stereocenters. The summed E-state index contributed by atoms with van der Waals surface area (Å²) in [6, 6.07) is 17.3. The number of hydrogen-bond acceptors (Lipinski definition) is 2. The van der Waals surface area contributed by atoms with Gasteiger partial charge >= 0.3 is 6.03 Å². The maximum atomic E-state index is 12.1. The Bertz CT molecular complexity index is 712. The molecule has 0 aliphatic rings. The van der Waals surface area contributed by atoms with Crippen molar-refractivity contribution in [2.75, 3.05) is 26.0 Å². The Balaban J connectivity index is 1.84. The Morgan fingerprint density at radius 2 is 1.65 bits per heavy atom. The monoisotopic (exact) mass is 353 g/mol. The molecule has 2 rings (SSSR count). The smallest absolute Gasteiger partial charge is 0.319 e. The number of anilines is 1. The molecule has 0 saturated carbocycles. The Morgan fingerprint density at radius 3 is 2.23 bits per heavy atom. The van der Waals surface area contributed by atoms with Gasteiger partial charge < -0.3 is 15.5 Å². The van der Waals surface area contributed by atoms with Crippen molar-refractivity contribution in [3.8, 4) is 0 Å². The first-order valence-electron chi connectivity index (χ1n) is 8.88. The van der Waals surface area contributed by atoms with Crippen molar-refractivity contribution >= 4 is 17.6 Å². The second-order valence-corrected chi connectivity index (χ2v) is 6.51. The molecule has 0 radical (unpaired) electrons. The van der Waals surface area contributed by atoms with Crippen molar-refractivity contribution in [3.05, 3.63) is 65.7 Å². The van der Waals surface area contributed by atoms with Crippen LogP contribution in [0.2, 0.25) is 0 Å². The van der Waals surface area contributed by atoms with Crippen molar-refractivity contribution in [3.63, 3.8) is 0 Å². The van der Waals surface area contributed by atoms with Crippen LogP contribution >= 0.6 is 0 Å². The molecule has 0 aromatic heterocycles. The van der Waals surface area contributed by atoms with Crippen LogP contribution < -0.4 is 10.6 Å². The van der Waals surface area contributed by atoms with E-state index < -0.39 is 0 Å². The summed E-state index contributed by atoms with van der Waals surface area (Å²) >= 11 is 0. The summed E-state index contributed by atoms with van der Waals surface area (Å²) in [6.45, 7) is 2.70. The molecule has 0 spiro atoms. The van der Waals surface area contributed by atoms with Crippen molar-refractivity contribution in [2.24, 2.45) is 0 Å². The lowest BCUT2D eigenvalue weighted by Gasteiger charge is -2.16. The SMILES string of the molecule is CCC(CNC(=O)Nc1ccc(CC(=O)N(C)C)cc1)c1ccccc1. The van der Waals surface area contributed by atoms with Crippen LogP contribution in [0.4, 0.5) is 10.5 Å². The third-order valence-electron chi connectivity index (χ3n) is 4.34. The zero-order valence-electron chi connectivity index (χ0n) is 15.7. The second kappa shape index (κ2) is 9.61. The highest BCUT2D eigenvalue weighted by molar-refractivity contribution is 5.89. The van der Waals surface area contributed by atoms with Gasteiger partial charge in [-0.25, -0.2) is 4.79 Å². The van der Waals surface area contributed by atoms with Gasteiger partial charge in [-0.05, 0) is 29.7 Å². The number of carbonyl (C=O) groups is 2. The lowest BCUT2D eigenvalue weighted by atomic mass is 9.97. The van der Waals surface area contributed by atoms with Crippen LogP contribution in [0.15, 0.2) is 54.6 Å². The van der Waals surface area contributed by atoms with Gasteiger partial charge in [0.2, 0.25) is 5.91 Å². The third-order valence-corrected chi connectivity index (χ3v) is 4.34. The Labute approximate surface area is 155 Å². The van der Waals surface area contributed by atoms with Crippen molar-refractivity contribution in [1.82, 2.24) is 10.2 Å². The molecule has 5 heteroatoms. The average Bonchev–Trinajstić information content (AvgIpc) is 2.64. The lowest BCUT2D eigenvalue weighted by molar-refractivity contribution is -0.127. The number of rotatable bonds is 7. The predicted molar refractivity (Wildman–Crippen MR) is 105 cm³/mol. The number of likely N-dealkylation sites (N-methyl/N-ethyl adjacent to an activating group) is 1. The topological polar surface area (TPSA) is 61.4 Å². The number of nitrogens with one attached hydrogen (secondary N) is 2. The molecule has 2 N–H and O–H groups in total. The third kappa shape index (κ3) is 5.92. The fourth-order valence-electron chi connectivity index (χ4n) is 2.65. The number of hydrogen-bond donors (Lipinski definition) is 2. The summed E-state index contributed by atoms with van der Waals surface area (Å²) in [7, 11) is 3.48. The molecule has 0 fully saturated rings. The van der Waals surface area contributed by atoms with Crippen LogP contribution in [-0.2, 0) is 11.2 Å². The summed E-state index contributed by atoms with van der Waals surface area (Å²) in [6.07, 6.45) is 1.31. The van der Waals surface area contributed by atoms with E-state index in [0.717, 1.165) is 12.0 Å². The highest BCUT2D eigenvalue weighted by Crippen LogP contribution is 2.18. The van der Waals surface area contributed by atoms with E-state index in [1.807, 2.05) is 42.5 Å². The first-order valence-corrected chi connectivity index (χ1v) is 8.88. The predicted octanol–water partition coefficient (Wildman–Crippen LogP) is 3.63. The molecule has 3 amide bonds. The number of carbonyl (C=O) groups excluding carboxylic acids is 2. The molecule has 5 nitrogen and oxygen atoms in total. The Hall–Kier alpha value is -2.82. The summed E-state index contributed by atoms with van der Waals surface area (Å²) in [5.41, 5.74) is 2.85. The van der Waals surface area contributed by atoms with Gasteiger partial charge in [-0.1, -0.05) is 49.4 Å². The summed E-state index contributed by atoms with van der Waals surface area (Å²) in [4.78, 5) is 25.4. The molecule has 0 aliphatic heterocycles. The van der Waals surface area contributed by atoms with Crippen LogP contribution in [0.3, 0.4) is 0 Å².